The van der Waals surface area contributed by atoms with Crippen LogP contribution in [0.4, 0.5) is 0 Å². The van der Waals surface area contributed by atoms with Crippen LogP contribution in [-0.4, -0.2) is 52.8 Å². The van der Waals surface area contributed by atoms with E-state index in [-0.39, 0.29) is 12.7 Å². The van der Waals surface area contributed by atoms with Gasteiger partial charge in [-0.05, 0) is 76.9 Å². The molecule has 6 heteroatoms. The number of hydrogen-bond acceptors (Lipinski definition) is 6. The topological polar surface area (TPSA) is 58.5 Å². The molecule has 0 amide bonds. The molecular formula is C20H29N3O2S. The number of aryl methyl sites for hydroxylation is 1. The fraction of sp³-hybridized carbons (Fsp3) is 0.700. The number of aromatic nitrogens is 2. The molecule has 2 aromatic rings. The minimum absolute atomic E-state index is 0.261. The highest BCUT2D eigenvalue weighted by Gasteiger charge is 2.28. The number of rotatable bonds is 5. The summed E-state index contributed by atoms with van der Waals surface area (Å²) < 4.78 is 6.40. The van der Waals surface area contributed by atoms with Crippen LogP contribution in [0.1, 0.15) is 49.0 Å². The van der Waals surface area contributed by atoms with Gasteiger partial charge in [-0.3, -0.25) is 0 Å². The Balaban J connectivity index is 1.56. The van der Waals surface area contributed by atoms with E-state index in [4.69, 9.17) is 4.74 Å². The Morgan fingerprint density at radius 2 is 2.00 bits per heavy atom. The van der Waals surface area contributed by atoms with Crippen LogP contribution in [0.5, 0.6) is 5.88 Å². The fourth-order valence-electron chi connectivity index (χ4n) is 4.51. The molecule has 0 bridgehead atoms. The molecule has 142 valence electrons. The first-order valence-electron chi connectivity index (χ1n) is 9.85. The van der Waals surface area contributed by atoms with E-state index >= 15 is 0 Å². The zero-order valence-electron chi connectivity index (χ0n) is 15.8. The molecule has 26 heavy (non-hydrogen) atoms. The van der Waals surface area contributed by atoms with Crippen molar-refractivity contribution in [1.82, 2.24) is 14.9 Å². The van der Waals surface area contributed by atoms with Gasteiger partial charge in [-0.25, -0.2) is 9.97 Å². The first-order chi connectivity index (χ1) is 12.7. The van der Waals surface area contributed by atoms with Gasteiger partial charge in [0.15, 0.2) is 0 Å². The van der Waals surface area contributed by atoms with E-state index in [1.54, 1.807) is 17.7 Å². The summed E-state index contributed by atoms with van der Waals surface area (Å²) in [4.78, 5) is 13.9. The van der Waals surface area contributed by atoms with Crippen molar-refractivity contribution < 1.29 is 9.84 Å². The molecule has 2 heterocycles. The summed E-state index contributed by atoms with van der Waals surface area (Å²) in [5.41, 5.74) is 1.38. The minimum atomic E-state index is 0.261. The van der Waals surface area contributed by atoms with Crippen LogP contribution in [-0.2, 0) is 12.8 Å². The minimum Gasteiger partial charge on any atom is -0.474 e. The van der Waals surface area contributed by atoms with Crippen LogP contribution >= 0.6 is 11.3 Å². The Hall–Kier alpha value is -1.24. The van der Waals surface area contributed by atoms with Crippen molar-refractivity contribution in [3.63, 3.8) is 0 Å². The van der Waals surface area contributed by atoms with Crippen molar-refractivity contribution in [2.45, 2.75) is 63.5 Å². The number of fused-ring (bicyclic) bond motifs is 3. The van der Waals surface area contributed by atoms with Crippen LogP contribution in [0.2, 0.25) is 0 Å². The van der Waals surface area contributed by atoms with Crippen LogP contribution < -0.4 is 4.74 Å². The van der Waals surface area contributed by atoms with Crippen LogP contribution in [0.3, 0.4) is 0 Å². The normalized spacial score (nSPS) is 26.2. The molecule has 0 aliphatic heterocycles. The highest BCUT2D eigenvalue weighted by Crippen LogP contribution is 2.41. The average molecular weight is 376 g/mol. The molecule has 5 nitrogen and oxygen atoms in total. The smallest absolute Gasteiger partial charge is 0.225 e. The second-order valence-corrected chi connectivity index (χ2v) is 9.08. The molecule has 1 N–H and O–H groups in total. The van der Waals surface area contributed by atoms with E-state index in [2.05, 4.69) is 29.0 Å². The molecule has 1 saturated carbocycles. The summed E-state index contributed by atoms with van der Waals surface area (Å²) in [5, 5.41) is 10.5. The molecular weight excluding hydrogens is 346 g/mol. The van der Waals surface area contributed by atoms with Gasteiger partial charge in [0.1, 0.15) is 17.3 Å². The molecule has 0 unspecified atom stereocenters. The third-order valence-electron chi connectivity index (χ3n) is 6.10. The first kappa shape index (κ1) is 18.1. The maximum absolute atomic E-state index is 9.31. The number of ether oxygens (including phenoxy) is 1. The number of aliphatic hydroxyl groups is 1. The highest BCUT2D eigenvalue weighted by atomic mass is 32.1. The van der Waals surface area contributed by atoms with Crippen molar-refractivity contribution in [2.75, 3.05) is 20.7 Å². The second kappa shape index (κ2) is 7.79. The Morgan fingerprint density at radius 1 is 1.19 bits per heavy atom. The molecule has 0 radical (unpaired) electrons. The fourth-order valence-corrected chi connectivity index (χ4v) is 5.68. The third kappa shape index (κ3) is 3.59. The van der Waals surface area contributed by atoms with E-state index in [1.165, 1.54) is 29.7 Å². The van der Waals surface area contributed by atoms with Crippen molar-refractivity contribution in [3.05, 3.63) is 16.8 Å². The number of aliphatic hydroxyl groups excluding tert-OH is 1. The van der Waals surface area contributed by atoms with Gasteiger partial charge < -0.3 is 14.7 Å². The summed E-state index contributed by atoms with van der Waals surface area (Å²) in [6.45, 7) is 0.275. The van der Waals surface area contributed by atoms with E-state index < -0.39 is 0 Å². The number of hydrogen-bond donors (Lipinski definition) is 1. The first-order valence-corrected chi connectivity index (χ1v) is 10.7. The lowest BCUT2D eigenvalue weighted by Gasteiger charge is -2.32. The van der Waals surface area contributed by atoms with Crippen LogP contribution in [0.25, 0.3) is 10.2 Å². The van der Waals surface area contributed by atoms with E-state index in [0.29, 0.717) is 12.0 Å². The van der Waals surface area contributed by atoms with Gasteiger partial charge in [-0.2, -0.15) is 0 Å². The Bertz CT molecular complexity index is 753. The second-order valence-electron chi connectivity index (χ2n) is 8.00. The zero-order valence-corrected chi connectivity index (χ0v) is 16.6. The molecule has 0 aromatic carbocycles. The third-order valence-corrected chi connectivity index (χ3v) is 7.30. The van der Waals surface area contributed by atoms with Gasteiger partial charge >= 0.3 is 0 Å². The van der Waals surface area contributed by atoms with E-state index in [0.717, 1.165) is 48.2 Å². The largest absolute Gasteiger partial charge is 0.474 e. The standard InChI is InChI=1S/C20H29N3O2S/c1-23(2)14-4-6-15(7-5-14)25-19-18-16-11-13(9-10-24)3-8-17(16)26-20(18)22-12-21-19/h12-15,24H,3-11H2,1-2H3/t13-,14-,15-/m1/s1. The predicted octanol–water partition coefficient (Wildman–Crippen LogP) is 3.43. The molecule has 2 aliphatic carbocycles. The van der Waals surface area contributed by atoms with Gasteiger partial charge in [0.25, 0.3) is 0 Å². The lowest BCUT2D eigenvalue weighted by Crippen LogP contribution is -2.35. The van der Waals surface area contributed by atoms with Crippen molar-refractivity contribution in [2.24, 2.45) is 5.92 Å². The lowest BCUT2D eigenvalue weighted by atomic mass is 9.85. The summed E-state index contributed by atoms with van der Waals surface area (Å²) in [7, 11) is 4.33. The van der Waals surface area contributed by atoms with Crippen LogP contribution in [0.15, 0.2) is 6.33 Å². The maximum atomic E-state index is 9.31. The molecule has 0 saturated heterocycles. The zero-order chi connectivity index (χ0) is 18.1. The lowest BCUT2D eigenvalue weighted by molar-refractivity contribution is 0.108. The van der Waals surface area contributed by atoms with Gasteiger partial charge in [0.2, 0.25) is 5.88 Å². The van der Waals surface area contributed by atoms with Gasteiger partial charge in [-0.1, -0.05) is 0 Å². The van der Waals surface area contributed by atoms with Crippen molar-refractivity contribution in [3.8, 4) is 5.88 Å². The molecule has 2 aliphatic rings. The number of nitrogens with zero attached hydrogens (tertiary/aromatic N) is 3. The summed E-state index contributed by atoms with van der Waals surface area (Å²) in [5.74, 6) is 1.35. The maximum Gasteiger partial charge on any atom is 0.225 e. The number of thiophene rings is 1. The van der Waals surface area contributed by atoms with Crippen LogP contribution in [0, 0.1) is 5.92 Å². The highest BCUT2D eigenvalue weighted by molar-refractivity contribution is 7.18. The SMILES string of the molecule is CN(C)[C@H]1CC[C@H](Oc2ncnc3sc4c(c23)C[C@@H](CCO)CC4)CC1. The van der Waals surface area contributed by atoms with E-state index in [1.807, 2.05) is 0 Å². The molecule has 2 aromatic heterocycles. The summed E-state index contributed by atoms with van der Waals surface area (Å²) >= 11 is 1.80. The molecule has 1 fully saturated rings. The average Bonchev–Trinajstić information content (AvgIpc) is 3.01. The van der Waals surface area contributed by atoms with E-state index in [9.17, 15) is 5.11 Å². The monoisotopic (exact) mass is 375 g/mol. The van der Waals surface area contributed by atoms with Crippen molar-refractivity contribution in [1.29, 1.82) is 0 Å². The molecule has 4 rings (SSSR count). The Kier molecular flexibility index (Phi) is 5.43. The van der Waals surface area contributed by atoms with Gasteiger partial charge in [-0.15, -0.1) is 11.3 Å². The molecule has 1 atom stereocenters. The van der Waals surface area contributed by atoms with Crippen molar-refractivity contribution >= 4 is 21.6 Å². The quantitative estimate of drug-likeness (QED) is 0.868. The van der Waals surface area contributed by atoms with Gasteiger partial charge in [0.05, 0.1) is 5.39 Å². The Labute approximate surface area is 159 Å². The predicted molar refractivity (Wildman–Crippen MR) is 105 cm³/mol. The molecule has 0 spiro atoms. The summed E-state index contributed by atoms with van der Waals surface area (Å²) in [6.07, 6.45) is 10.6. The Morgan fingerprint density at radius 3 is 2.73 bits per heavy atom. The summed E-state index contributed by atoms with van der Waals surface area (Å²) in [6, 6.07) is 0.674. The van der Waals surface area contributed by atoms with Gasteiger partial charge in [0, 0.05) is 17.5 Å².